The molecule has 0 unspecified atom stereocenters. The first kappa shape index (κ1) is 13.3. The van der Waals surface area contributed by atoms with Crippen LogP contribution in [0.25, 0.3) is 0 Å². The predicted molar refractivity (Wildman–Crippen MR) is 72.3 cm³/mol. The minimum atomic E-state index is -0.455. The van der Waals surface area contributed by atoms with Gasteiger partial charge in [-0.3, -0.25) is 4.98 Å². The summed E-state index contributed by atoms with van der Waals surface area (Å²) in [5, 5.41) is 0. The summed E-state index contributed by atoms with van der Waals surface area (Å²) in [6.07, 6.45) is 2.30. The molecule has 2 heterocycles. The topological polar surface area (TPSA) is 42.4 Å². The maximum atomic E-state index is 12.0. The highest BCUT2D eigenvalue weighted by atomic mass is 79.9. The van der Waals surface area contributed by atoms with Crippen molar-refractivity contribution in [2.75, 3.05) is 6.54 Å². The second-order valence-corrected chi connectivity index (χ2v) is 6.22. The van der Waals surface area contributed by atoms with Crippen LogP contribution in [0.1, 0.15) is 32.0 Å². The second-order valence-electron chi connectivity index (χ2n) is 5.37. The second kappa shape index (κ2) is 4.88. The number of carbonyl (C=O) groups is 1. The molecule has 1 aliphatic heterocycles. The fourth-order valence-corrected chi connectivity index (χ4v) is 2.36. The summed E-state index contributed by atoms with van der Waals surface area (Å²) < 4.78 is 6.38. The molecule has 0 fully saturated rings. The van der Waals surface area contributed by atoms with Crippen molar-refractivity contribution in [2.24, 2.45) is 0 Å². The molecule has 0 saturated carbocycles. The molecule has 0 radical (unpaired) electrons. The molecule has 5 heteroatoms. The van der Waals surface area contributed by atoms with E-state index in [9.17, 15) is 4.79 Å². The maximum Gasteiger partial charge on any atom is 0.410 e. The average Bonchev–Trinajstić information content (AvgIpc) is 2.27. The van der Waals surface area contributed by atoms with Gasteiger partial charge in [-0.2, -0.15) is 0 Å². The van der Waals surface area contributed by atoms with Crippen molar-refractivity contribution in [1.82, 2.24) is 9.88 Å². The van der Waals surface area contributed by atoms with Crippen LogP contribution in [-0.4, -0.2) is 28.1 Å². The summed E-state index contributed by atoms with van der Waals surface area (Å²) >= 11 is 3.50. The standard InChI is InChI=1S/C13H17BrN2O2/c1-13(2,3)18-12(17)16-7-5-11-9(8-16)10(14)4-6-15-11/h4,6H,5,7-8H2,1-3H3. The molecule has 98 valence electrons. The van der Waals surface area contributed by atoms with Crippen LogP contribution in [0.5, 0.6) is 0 Å². The predicted octanol–water partition coefficient (Wildman–Crippen LogP) is 3.14. The first-order valence-electron chi connectivity index (χ1n) is 5.97. The van der Waals surface area contributed by atoms with Crippen molar-refractivity contribution in [3.05, 3.63) is 28.0 Å². The van der Waals surface area contributed by atoms with Crippen LogP contribution in [0.3, 0.4) is 0 Å². The van der Waals surface area contributed by atoms with E-state index in [-0.39, 0.29) is 6.09 Å². The Hall–Kier alpha value is -1.10. The number of rotatable bonds is 0. The van der Waals surface area contributed by atoms with E-state index in [1.807, 2.05) is 26.8 Å². The van der Waals surface area contributed by atoms with Crippen LogP contribution in [0.4, 0.5) is 4.79 Å². The van der Waals surface area contributed by atoms with Gasteiger partial charge in [0, 0.05) is 34.9 Å². The Kier molecular flexibility index (Phi) is 3.61. The van der Waals surface area contributed by atoms with E-state index in [0.717, 1.165) is 22.2 Å². The first-order chi connectivity index (χ1) is 8.37. The molecule has 1 aromatic rings. The quantitative estimate of drug-likeness (QED) is 0.739. The molecular weight excluding hydrogens is 296 g/mol. The average molecular weight is 313 g/mol. The Morgan fingerprint density at radius 3 is 2.89 bits per heavy atom. The van der Waals surface area contributed by atoms with Crippen molar-refractivity contribution in [2.45, 2.75) is 39.3 Å². The fourth-order valence-electron chi connectivity index (χ4n) is 1.88. The SMILES string of the molecule is CC(C)(C)OC(=O)N1CCc2nccc(Br)c2C1. The lowest BCUT2D eigenvalue weighted by molar-refractivity contribution is 0.0222. The number of hydrogen-bond acceptors (Lipinski definition) is 3. The van der Waals surface area contributed by atoms with Gasteiger partial charge >= 0.3 is 6.09 Å². The Bertz CT molecular complexity index is 469. The van der Waals surface area contributed by atoms with Crippen molar-refractivity contribution < 1.29 is 9.53 Å². The maximum absolute atomic E-state index is 12.0. The number of amides is 1. The number of aromatic nitrogens is 1. The van der Waals surface area contributed by atoms with Crippen LogP contribution >= 0.6 is 15.9 Å². The van der Waals surface area contributed by atoms with Crippen LogP contribution in [0, 0.1) is 0 Å². The summed E-state index contributed by atoms with van der Waals surface area (Å²) in [5.74, 6) is 0. The third kappa shape index (κ3) is 3.02. The van der Waals surface area contributed by atoms with Gasteiger partial charge in [0.15, 0.2) is 0 Å². The van der Waals surface area contributed by atoms with E-state index in [1.54, 1.807) is 11.1 Å². The number of carbonyl (C=O) groups excluding carboxylic acids is 1. The molecule has 0 saturated heterocycles. The van der Waals surface area contributed by atoms with Crippen LogP contribution in [-0.2, 0) is 17.7 Å². The lowest BCUT2D eigenvalue weighted by atomic mass is 10.1. The third-order valence-corrected chi connectivity index (χ3v) is 3.45. The molecule has 0 N–H and O–H groups in total. The van der Waals surface area contributed by atoms with Crippen LogP contribution in [0.2, 0.25) is 0 Å². The van der Waals surface area contributed by atoms with E-state index in [0.29, 0.717) is 13.1 Å². The number of nitrogens with zero attached hydrogens (tertiary/aromatic N) is 2. The lowest BCUT2D eigenvalue weighted by Crippen LogP contribution is -2.40. The molecule has 1 amide bonds. The lowest BCUT2D eigenvalue weighted by Gasteiger charge is -2.31. The Morgan fingerprint density at radius 2 is 2.22 bits per heavy atom. The van der Waals surface area contributed by atoms with Gasteiger partial charge in [0.25, 0.3) is 0 Å². The minimum absolute atomic E-state index is 0.260. The van der Waals surface area contributed by atoms with Crippen LogP contribution < -0.4 is 0 Å². The molecule has 2 rings (SSSR count). The normalized spacial score (nSPS) is 15.2. The zero-order valence-corrected chi connectivity index (χ0v) is 12.5. The van der Waals surface area contributed by atoms with Crippen molar-refractivity contribution in [1.29, 1.82) is 0 Å². The van der Waals surface area contributed by atoms with Crippen LogP contribution in [0.15, 0.2) is 16.7 Å². The summed E-state index contributed by atoms with van der Waals surface area (Å²) in [5.41, 5.74) is 1.68. The highest BCUT2D eigenvalue weighted by molar-refractivity contribution is 9.10. The number of pyridine rings is 1. The number of ether oxygens (including phenoxy) is 1. The van der Waals surface area contributed by atoms with E-state index in [1.165, 1.54) is 0 Å². The first-order valence-corrected chi connectivity index (χ1v) is 6.76. The van der Waals surface area contributed by atoms with E-state index in [4.69, 9.17) is 4.74 Å². The molecule has 0 spiro atoms. The van der Waals surface area contributed by atoms with Crippen molar-refractivity contribution in [3.63, 3.8) is 0 Å². The summed E-state index contributed by atoms with van der Waals surface area (Å²) in [6, 6.07) is 1.90. The molecule has 0 atom stereocenters. The monoisotopic (exact) mass is 312 g/mol. The van der Waals surface area contributed by atoms with E-state index in [2.05, 4.69) is 20.9 Å². The molecule has 0 aliphatic carbocycles. The molecular formula is C13H17BrN2O2. The smallest absolute Gasteiger partial charge is 0.410 e. The highest BCUT2D eigenvalue weighted by Gasteiger charge is 2.26. The van der Waals surface area contributed by atoms with E-state index < -0.39 is 5.60 Å². The molecule has 0 bridgehead atoms. The van der Waals surface area contributed by atoms with Crippen molar-refractivity contribution in [3.8, 4) is 0 Å². The fraction of sp³-hybridized carbons (Fsp3) is 0.538. The molecule has 1 aliphatic rings. The Labute approximate surface area is 115 Å². The van der Waals surface area contributed by atoms with Gasteiger partial charge in [-0.1, -0.05) is 15.9 Å². The Balaban J connectivity index is 2.12. The molecule has 0 aromatic carbocycles. The van der Waals surface area contributed by atoms with Gasteiger partial charge in [-0.25, -0.2) is 4.79 Å². The van der Waals surface area contributed by atoms with Gasteiger partial charge in [0.2, 0.25) is 0 Å². The summed E-state index contributed by atoms with van der Waals surface area (Å²) in [4.78, 5) is 18.1. The largest absolute Gasteiger partial charge is 0.444 e. The highest BCUT2D eigenvalue weighted by Crippen LogP contribution is 2.25. The number of hydrogen-bond donors (Lipinski definition) is 0. The molecule has 4 nitrogen and oxygen atoms in total. The van der Waals surface area contributed by atoms with Gasteiger partial charge in [0.05, 0.1) is 6.54 Å². The van der Waals surface area contributed by atoms with Gasteiger partial charge in [-0.15, -0.1) is 0 Å². The molecule has 1 aromatic heterocycles. The summed E-state index contributed by atoms with van der Waals surface area (Å²) in [7, 11) is 0. The zero-order chi connectivity index (χ0) is 13.3. The Morgan fingerprint density at radius 1 is 1.50 bits per heavy atom. The molecule has 18 heavy (non-hydrogen) atoms. The number of halogens is 1. The van der Waals surface area contributed by atoms with E-state index >= 15 is 0 Å². The zero-order valence-electron chi connectivity index (χ0n) is 10.9. The van der Waals surface area contributed by atoms with Crippen molar-refractivity contribution >= 4 is 22.0 Å². The minimum Gasteiger partial charge on any atom is -0.444 e. The number of fused-ring (bicyclic) bond motifs is 1. The summed E-state index contributed by atoms with van der Waals surface area (Å²) in [6.45, 7) is 6.84. The van der Waals surface area contributed by atoms with Gasteiger partial charge in [-0.05, 0) is 26.8 Å². The van der Waals surface area contributed by atoms with Gasteiger partial charge in [0.1, 0.15) is 5.60 Å². The third-order valence-electron chi connectivity index (χ3n) is 2.71. The van der Waals surface area contributed by atoms with Gasteiger partial charge < -0.3 is 9.64 Å².